The van der Waals surface area contributed by atoms with Gasteiger partial charge in [0.2, 0.25) is 5.91 Å². The van der Waals surface area contributed by atoms with Crippen molar-refractivity contribution in [1.82, 2.24) is 4.90 Å². The van der Waals surface area contributed by atoms with E-state index in [1.165, 1.54) is 0 Å². The average Bonchev–Trinajstić information content (AvgIpc) is 2.92. The summed E-state index contributed by atoms with van der Waals surface area (Å²) in [5.41, 5.74) is 1.06. The standard InChI is InChI=1S/C16H18N2O/c17-10-11-18(13-15-8-2-1-3-9-15)16(19)12-14-6-4-5-7-14/h1-4,6,8-9,14H,5,7,11-13H2/t14-/m0/s1. The van der Waals surface area contributed by atoms with Crippen LogP contribution in [0.4, 0.5) is 0 Å². The van der Waals surface area contributed by atoms with E-state index in [1.54, 1.807) is 4.90 Å². The molecule has 1 aromatic carbocycles. The number of hydrogen-bond acceptors (Lipinski definition) is 2. The van der Waals surface area contributed by atoms with Gasteiger partial charge >= 0.3 is 0 Å². The van der Waals surface area contributed by atoms with Gasteiger partial charge in [0.15, 0.2) is 0 Å². The van der Waals surface area contributed by atoms with Gasteiger partial charge in [-0.25, -0.2) is 0 Å². The summed E-state index contributed by atoms with van der Waals surface area (Å²) < 4.78 is 0. The molecule has 1 amide bonds. The van der Waals surface area contributed by atoms with Crippen molar-refractivity contribution in [2.45, 2.75) is 25.8 Å². The second-order valence-corrected chi connectivity index (χ2v) is 4.86. The molecule has 0 aromatic heterocycles. The maximum atomic E-state index is 12.2. The molecule has 1 atom stereocenters. The van der Waals surface area contributed by atoms with Crippen molar-refractivity contribution in [2.24, 2.45) is 5.92 Å². The second-order valence-electron chi connectivity index (χ2n) is 4.86. The molecule has 1 aromatic rings. The largest absolute Gasteiger partial charge is 0.325 e. The molecule has 98 valence electrons. The van der Waals surface area contributed by atoms with Crippen LogP contribution >= 0.6 is 0 Å². The zero-order valence-corrected chi connectivity index (χ0v) is 11.0. The number of carbonyl (C=O) groups excluding carboxylic acids is 1. The highest BCUT2D eigenvalue weighted by Gasteiger charge is 2.19. The van der Waals surface area contributed by atoms with Gasteiger partial charge in [0.25, 0.3) is 0 Å². The van der Waals surface area contributed by atoms with Gasteiger partial charge in [-0.2, -0.15) is 5.26 Å². The summed E-state index contributed by atoms with van der Waals surface area (Å²) in [6.07, 6.45) is 6.88. The third-order valence-electron chi connectivity index (χ3n) is 3.38. The number of benzene rings is 1. The molecule has 0 fully saturated rings. The third-order valence-corrected chi connectivity index (χ3v) is 3.38. The fourth-order valence-corrected chi connectivity index (χ4v) is 2.34. The van der Waals surface area contributed by atoms with E-state index in [1.807, 2.05) is 30.3 Å². The quantitative estimate of drug-likeness (QED) is 0.599. The Labute approximate surface area is 114 Å². The molecule has 0 saturated heterocycles. The fraction of sp³-hybridized carbons (Fsp3) is 0.375. The topological polar surface area (TPSA) is 44.1 Å². The fourth-order valence-electron chi connectivity index (χ4n) is 2.34. The highest BCUT2D eigenvalue weighted by atomic mass is 16.2. The molecule has 3 nitrogen and oxygen atoms in total. The Morgan fingerprint density at radius 1 is 1.37 bits per heavy atom. The molecule has 3 heteroatoms. The highest BCUT2D eigenvalue weighted by Crippen LogP contribution is 2.21. The van der Waals surface area contributed by atoms with E-state index in [9.17, 15) is 4.79 Å². The van der Waals surface area contributed by atoms with Crippen molar-refractivity contribution in [3.8, 4) is 6.07 Å². The van der Waals surface area contributed by atoms with Crippen LogP contribution in [0.1, 0.15) is 24.8 Å². The second kappa shape index (κ2) is 6.75. The van der Waals surface area contributed by atoms with Crippen molar-refractivity contribution in [3.63, 3.8) is 0 Å². The van der Waals surface area contributed by atoms with Crippen LogP contribution in [0.15, 0.2) is 42.5 Å². The normalized spacial score (nSPS) is 17.1. The van der Waals surface area contributed by atoms with Gasteiger partial charge in [0.05, 0.1) is 6.07 Å². The van der Waals surface area contributed by atoms with Crippen LogP contribution in [0.5, 0.6) is 0 Å². The molecule has 2 rings (SSSR count). The molecule has 0 saturated carbocycles. The number of nitrogens with zero attached hydrogens (tertiary/aromatic N) is 2. The third kappa shape index (κ3) is 3.96. The Morgan fingerprint density at radius 3 is 2.79 bits per heavy atom. The van der Waals surface area contributed by atoms with Crippen molar-refractivity contribution in [3.05, 3.63) is 48.0 Å². The maximum absolute atomic E-state index is 12.2. The van der Waals surface area contributed by atoms with E-state index in [0.29, 0.717) is 18.9 Å². The Morgan fingerprint density at radius 2 is 2.16 bits per heavy atom. The number of amides is 1. The Kier molecular flexibility index (Phi) is 4.74. The lowest BCUT2D eigenvalue weighted by molar-refractivity contribution is -0.131. The molecule has 0 bridgehead atoms. The molecule has 1 aliphatic carbocycles. The Bertz CT molecular complexity index is 487. The zero-order chi connectivity index (χ0) is 13.5. The predicted octanol–water partition coefficient (Wildman–Crippen LogP) is 2.90. The summed E-state index contributed by atoms with van der Waals surface area (Å²) in [5, 5.41) is 8.87. The molecule has 0 radical (unpaired) electrons. The first-order valence-electron chi connectivity index (χ1n) is 6.65. The van der Waals surface area contributed by atoms with Gasteiger partial charge in [-0.05, 0) is 24.3 Å². The van der Waals surface area contributed by atoms with Crippen molar-refractivity contribution >= 4 is 5.91 Å². The van der Waals surface area contributed by atoms with E-state index < -0.39 is 0 Å². The van der Waals surface area contributed by atoms with E-state index in [4.69, 9.17) is 5.26 Å². The van der Waals surface area contributed by atoms with E-state index in [0.717, 1.165) is 18.4 Å². The van der Waals surface area contributed by atoms with Crippen LogP contribution in [-0.4, -0.2) is 17.4 Å². The molecule has 0 aliphatic heterocycles. The van der Waals surface area contributed by atoms with Gasteiger partial charge in [-0.3, -0.25) is 4.79 Å². The van der Waals surface area contributed by atoms with Crippen LogP contribution in [0, 0.1) is 17.2 Å². The van der Waals surface area contributed by atoms with Crippen LogP contribution in [0.25, 0.3) is 0 Å². The summed E-state index contributed by atoms with van der Waals surface area (Å²) in [7, 11) is 0. The Hall–Kier alpha value is -2.08. The average molecular weight is 254 g/mol. The first-order chi connectivity index (χ1) is 9.29. The van der Waals surface area contributed by atoms with E-state index in [-0.39, 0.29) is 12.5 Å². The molecule has 0 N–H and O–H groups in total. The van der Waals surface area contributed by atoms with Crippen LogP contribution < -0.4 is 0 Å². The molecule has 0 spiro atoms. The van der Waals surface area contributed by atoms with E-state index >= 15 is 0 Å². The summed E-state index contributed by atoms with van der Waals surface area (Å²) in [4.78, 5) is 13.9. The lowest BCUT2D eigenvalue weighted by Crippen LogP contribution is -2.31. The minimum Gasteiger partial charge on any atom is -0.325 e. The van der Waals surface area contributed by atoms with Gasteiger partial charge in [0.1, 0.15) is 6.54 Å². The summed E-state index contributed by atoms with van der Waals surface area (Å²) >= 11 is 0. The minimum atomic E-state index is 0.0713. The Balaban J connectivity index is 1.96. The van der Waals surface area contributed by atoms with Crippen LogP contribution in [-0.2, 0) is 11.3 Å². The molecular formula is C16H18N2O. The SMILES string of the molecule is N#CCN(Cc1ccccc1)C(=O)C[C@H]1C=CCC1. The van der Waals surface area contributed by atoms with Crippen molar-refractivity contribution in [2.75, 3.05) is 6.54 Å². The van der Waals surface area contributed by atoms with E-state index in [2.05, 4.69) is 18.2 Å². The summed E-state index contributed by atoms with van der Waals surface area (Å²) in [6.45, 7) is 0.674. The smallest absolute Gasteiger partial charge is 0.224 e. The first-order valence-corrected chi connectivity index (χ1v) is 6.65. The van der Waals surface area contributed by atoms with Gasteiger partial charge < -0.3 is 4.90 Å². The number of rotatable bonds is 5. The van der Waals surface area contributed by atoms with Crippen LogP contribution in [0.3, 0.4) is 0 Å². The lowest BCUT2D eigenvalue weighted by atomic mass is 10.0. The van der Waals surface area contributed by atoms with Gasteiger partial charge in [0, 0.05) is 13.0 Å². The molecule has 0 unspecified atom stereocenters. The number of nitriles is 1. The molecular weight excluding hydrogens is 236 g/mol. The maximum Gasteiger partial charge on any atom is 0.224 e. The first kappa shape index (κ1) is 13.4. The van der Waals surface area contributed by atoms with Crippen molar-refractivity contribution in [1.29, 1.82) is 5.26 Å². The van der Waals surface area contributed by atoms with Gasteiger partial charge in [-0.15, -0.1) is 0 Å². The molecule has 19 heavy (non-hydrogen) atoms. The minimum absolute atomic E-state index is 0.0713. The number of carbonyl (C=O) groups is 1. The summed E-state index contributed by atoms with van der Waals surface area (Å²) in [6, 6.07) is 11.9. The zero-order valence-electron chi connectivity index (χ0n) is 11.0. The van der Waals surface area contributed by atoms with Gasteiger partial charge in [-0.1, -0.05) is 42.5 Å². The van der Waals surface area contributed by atoms with Crippen molar-refractivity contribution < 1.29 is 4.79 Å². The lowest BCUT2D eigenvalue weighted by Gasteiger charge is -2.21. The summed E-state index contributed by atoms with van der Waals surface area (Å²) in [5.74, 6) is 0.423. The van der Waals surface area contributed by atoms with Crippen LogP contribution in [0.2, 0.25) is 0 Å². The molecule has 1 aliphatic rings. The monoisotopic (exact) mass is 254 g/mol. The molecule has 0 heterocycles. The highest BCUT2D eigenvalue weighted by molar-refractivity contribution is 5.77. The number of allylic oxidation sites excluding steroid dienone is 2. The predicted molar refractivity (Wildman–Crippen MR) is 74.0 cm³/mol. The number of hydrogen-bond donors (Lipinski definition) is 0.